The Labute approximate surface area is 136 Å². The molecule has 2 aliphatic rings. The molecule has 1 aromatic rings. The number of methoxy groups -OCH3 is 1. The van der Waals surface area contributed by atoms with Crippen molar-refractivity contribution >= 4 is 12.0 Å². The fourth-order valence-electron chi connectivity index (χ4n) is 3.10. The molecule has 5 heteroatoms. The van der Waals surface area contributed by atoms with E-state index in [4.69, 9.17) is 14.2 Å². The number of amides is 1. The van der Waals surface area contributed by atoms with E-state index in [0.717, 1.165) is 30.7 Å². The lowest BCUT2D eigenvalue weighted by atomic mass is 9.97. The number of nitrogens with zero attached hydrogens (tertiary/aromatic N) is 1. The summed E-state index contributed by atoms with van der Waals surface area (Å²) < 4.78 is 16.4. The second kappa shape index (κ2) is 7.62. The third-order valence-corrected chi connectivity index (χ3v) is 4.31. The molecule has 0 saturated carbocycles. The summed E-state index contributed by atoms with van der Waals surface area (Å²) in [7, 11) is 1.63. The molecule has 3 rings (SSSR count). The third-order valence-electron chi connectivity index (χ3n) is 4.31. The van der Waals surface area contributed by atoms with Crippen molar-refractivity contribution in [1.82, 2.24) is 4.90 Å². The van der Waals surface area contributed by atoms with Gasteiger partial charge in [0.25, 0.3) is 0 Å². The Morgan fingerprint density at radius 3 is 2.96 bits per heavy atom. The molecule has 2 fully saturated rings. The van der Waals surface area contributed by atoms with Gasteiger partial charge in [0, 0.05) is 25.1 Å². The number of carbonyl (C=O) groups excluding carboxylic acids is 1. The molecule has 0 aromatic heterocycles. The maximum absolute atomic E-state index is 12.4. The maximum atomic E-state index is 12.4. The summed E-state index contributed by atoms with van der Waals surface area (Å²) in [6, 6.07) is 7.65. The number of rotatable bonds is 4. The number of carbonyl (C=O) groups is 1. The van der Waals surface area contributed by atoms with Crippen LogP contribution in [0.4, 0.5) is 0 Å². The Hall–Kier alpha value is -1.85. The van der Waals surface area contributed by atoms with Crippen molar-refractivity contribution in [2.24, 2.45) is 5.92 Å². The second-order valence-corrected chi connectivity index (χ2v) is 5.91. The van der Waals surface area contributed by atoms with Crippen molar-refractivity contribution in [3.63, 3.8) is 0 Å². The molecule has 1 unspecified atom stereocenters. The van der Waals surface area contributed by atoms with E-state index in [1.165, 1.54) is 0 Å². The highest BCUT2D eigenvalue weighted by Gasteiger charge is 2.32. The fourth-order valence-corrected chi connectivity index (χ4v) is 3.10. The van der Waals surface area contributed by atoms with Crippen molar-refractivity contribution in [2.45, 2.75) is 19.1 Å². The quantitative estimate of drug-likeness (QED) is 0.800. The smallest absolute Gasteiger partial charge is 0.246 e. The number of ether oxygens (including phenoxy) is 3. The average Bonchev–Trinajstić information content (AvgIpc) is 3.14. The van der Waals surface area contributed by atoms with Crippen LogP contribution in [0, 0.1) is 5.92 Å². The van der Waals surface area contributed by atoms with Gasteiger partial charge in [-0.25, -0.2) is 0 Å². The maximum Gasteiger partial charge on any atom is 0.246 e. The number of likely N-dealkylation sites (tertiary alicyclic amines) is 1. The zero-order chi connectivity index (χ0) is 16.1. The van der Waals surface area contributed by atoms with Crippen LogP contribution in [0.25, 0.3) is 6.08 Å². The first kappa shape index (κ1) is 16.0. The Balaban J connectivity index is 1.59. The summed E-state index contributed by atoms with van der Waals surface area (Å²) in [6.07, 6.45) is 5.36. The molecule has 124 valence electrons. The predicted molar refractivity (Wildman–Crippen MR) is 87.0 cm³/mol. The van der Waals surface area contributed by atoms with Gasteiger partial charge in [-0.1, -0.05) is 12.1 Å². The van der Waals surface area contributed by atoms with Crippen LogP contribution in [-0.2, 0) is 14.3 Å². The minimum atomic E-state index is -0.145. The van der Waals surface area contributed by atoms with Crippen molar-refractivity contribution in [3.05, 3.63) is 35.9 Å². The van der Waals surface area contributed by atoms with E-state index >= 15 is 0 Å². The van der Waals surface area contributed by atoms with Crippen LogP contribution in [0.15, 0.2) is 30.3 Å². The normalized spacial score (nSPS) is 22.7. The number of hydrogen-bond donors (Lipinski definition) is 0. The Bertz CT molecular complexity index is 566. The molecule has 2 saturated heterocycles. The van der Waals surface area contributed by atoms with Gasteiger partial charge in [0.05, 0.1) is 20.3 Å². The van der Waals surface area contributed by atoms with Gasteiger partial charge in [0.2, 0.25) is 5.91 Å². The summed E-state index contributed by atoms with van der Waals surface area (Å²) in [6.45, 7) is 2.81. The minimum absolute atomic E-state index is 0.0375. The van der Waals surface area contributed by atoms with E-state index in [9.17, 15) is 4.79 Å². The molecule has 1 atom stereocenters. The van der Waals surface area contributed by atoms with Gasteiger partial charge >= 0.3 is 0 Å². The molecule has 23 heavy (non-hydrogen) atoms. The second-order valence-electron chi connectivity index (χ2n) is 5.91. The van der Waals surface area contributed by atoms with Gasteiger partial charge in [-0.2, -0.15) is 0 Å². The van der Waals surface area contributed by atoms with Crippen LogP contribution < -0.4 is 4.74 Å². The van der Waals surface area contributed by atoms with Gasteiger partial charge in [-0.15, -0.1) is 0 Å². The number of hydrogen-bond acceptors (Lipinski definition) is 4. The molecule has 1 aromatic carbocycles. The summed E-state index contributed by atoms with van der Waals surface area (Å²) in [5.74, 6) is 1.10. The van der Waals surface area contributed by atoms with Crippen molar-refractivity contribution < 1.29 is 19.0 Å². The van der Waals surface area contributed by atoms with Gasteiger partial charge in [0.1, 0.15) is 5.75 Å². The van der Waals surface area contributed by atoms with E-state index in [1.807, 2.05) is 35.2 Å². The van der Waals surface area contributed by atoms with Crippen molar-refractivity contribution in [2.75, 3.05) is 33.4 Å². The summed E-state index contributed by atoms with van der Waals surface area (Å²) in [5.41, 5.74) is 0.953. The van der Waals surface area contributed by atoms with E-state index in [2.05, 4.69) is 0 Å². The first-order chi connectivity index (χ1) is 11.3. The van der Waals surface area contributed by atoms with Gasteiger partial charge in [-0.3, -0.25) is 4.79 Å². The van der Waals surface area contributed by atoms with Crippen molar-refractivity contribution in [1.29, 1.82) is 0 Å². The SMILES string of the molecule is COc1cccc(/C=C/C(=O)N2CCCC(C3OCCO3)C2)c1. The van der Waals surface area contributed by atoms with Gasteiger partial charge in [0.15, 0.2) is 6.29 Å². The van der Waals surface area contributed by atoms with Gasteiger partial charge in [-0.05, 0) is 36.6 Å². The molecule has 2 aliphatic heterocycles. The molecule has 0 radical (unpaired) electrons. The third kappa shape index (κ3) is 4.12. The minimum Gasteiger partial charge on any atom is -0.497 e. The molecule has 5 nitrogen and oxygen atoms in total. The Morgan fingerprint density at radius 2 is 2.17 bits per heavy atom. The van der Waals surface area contributed by atoms with Crippen LogP contribution in [0.1, 0.15) is 18.4 Å². The van der Waals surface area contributed by atoms with Crippen LogP contribution in [0.2, 0.25) is 0 Å². The highest BCUT2D eigenvalue weighted by atomic mass is 16.7. The molecular weight excluding hydrogens is 294 g/mol. The standard InChI is InChI=1S/C18H23NO4/c1-21-16-6-2-4-14(12-16)7-8-17(20)19-9-3-5-15(13-19)18-22-10-11-23-18/h2,4,6-8,12,15,18H,3,5,9-11,13H2,1H3/b8-7+. The molecule has 1 amide bonds. The average molecular weight is 317 g/mol. The first-order valence-corrected chi connectivity index (χ1v) is 8.10. The largest absolute Gasteiger partial charge is 0.497 e. The van der Waals surface area contributed by atoms with Crippen LogP contribution in [0.3, 0.4) is 0 Å². The lowest BCUT2D eigenvalue weighted by Crippen LogP contribution is -2.43. The summed E-state index contributed by atoms with van der Waals surface area (Å²) >= 11 is 0. The monoisotopic (exact) mass is 317 g/mol. The van der Waals surface area contributed by atoms with Crippen molar-refractivity contribution in [3.8, 4) is 5.75 Å². The highest BCUT2D eigenvalue weighted by Crippen LogP contribution is 2.25. The van der Waals surface area contributed by atoms with Crippen LogP contribution in [0.5, 0.6) is 5.75 Å². The van der Waals surface area contributed by atoms with Gasteiger partial charge < -0.3 is 19.1 Å². The van der Waals surface area contributed by atoms with E-state index in [-0.39, 0.29) is 18.1 Å². The zero-order valence-electron chi connectivity index (χ0n) is 13.4. The number of piperidine rings is 1. The van der Waals surface area contributed by atoms with E-state index in [1.54, 1.807) is 13.2 Å². The number of benzene rings is 1. The predicted octanol–water partition coefficient (Wildman–Crippen LogP) is 2.32. The molecule has 0 N–H and O–H groups in total. The highest BCUT2D eigenvalue weighted by molar-refractivity contribution is 5.91. The lowest BCUT2D eigenvalue weighted by Gasteiger charge is -2.34. The van der Waals surface area contributed by atoms with Crippen LogP contribution >= 0.6 is 0 Å². The topological polar surface area (TPSA) is 48.0 Å². The van der Waals surface area contributed by atoms with E-state index in [0.29, 0.717) is 19.8 Å². The van der Waals surface area contributed by atoms with E-state index < -0.39 is 0 Å². The molecular formula is C18H23NO4. The zero-order valence-corrected chi connectivity index (χ0v) is 13.4. The molecule has 2 heterocycles. The first-order valence-electron chi connectivity index (χ1n) is 8.10. The lowest BCUT2D eigenvalue weighted by molar-refractivity contribution is -0.134. The fraction of sp³-hybridized carbons (Fsp3) is 0.500. The molecule has 0 bridgehead atoms. The summed E-state index contributed by atoms with van der Waals surface area (Å²) in [4.78, 5) is 14.3. The Kier molecular flexibility index (Phi) is 5.31. The molecule has 0 aliphatic carbocycles. The molecule has 0 spiro atoms. The van der Waals surface area contributed by atoms with Crippen LogP contribution in [-0.4, -0.2) is 50.5 Å². The Morgan fingerprint density at radius 1 is 1.35 bits per heavy atom. The summed E-state index contributed by atoms with van der Waals surface area (Å²) in [5, 5.41) is 0.